The van der Waals surface area contributed by atoms with Crippen molar-refractivity contribution in [1.82, 2.24) is 25.1 Å². The minimum absolute atomic E-state index is 0.0889. The van der Waals surface area contributed by atoms with Gasteiger partial charge in [-0.1, -0.05) is 13.8 Å². The van der Waals surface area contributed by atoms with E-state index in [1.165, 1.54) is 17.3 Å². The number of carbonyl (C=O) groups is 3. The van der Waals surface area contributed by atoms with E-state index >= 15 is 0 Å². The number of ether oxygens (including phenoxy) is 1. The molecule has 37 heavy (non-hydrogen) atoms. The number of aryl methyl sites for hydroxylation is 1. The summed E-state index contributed by atoms with van der Waals surface area (Å²) in [5.41, 5.74) is 1.04. The van der Waals surface area contributed by atoms with Gasteiger partial charge < -0.3 is 20.1 Å². The fraction of sp³-hybridized carbons (Fsp3) is 0.440. The molecule has 0 bridgehead atoms. The van der Waals surface area contributed by atoms with Gasteiger partial charge in [0.1, 0.15) is 11.9 Å². The van der Waals surface area contributed by atoms with Crippen LogP contribution in [0.25, 0.3) is 0 Å². The number of carboxylic acid groups (broad SMARTS) is 1. The minimum atomic E-state index is -0.982. The third-order valence-electron chi connectivity index (χ3n) is 6.40. The fourth-order valence-electron chi connectivity index (χ4n) is 4.23. The summed E-state index contributed by atoms with van der Waals surface area (Å²) < 4.78 is 5.49. The van der Waals surface area contributed by atoms with Gasteiger partial charge in [-0.3, -0.25) is 14.7 Å². The van der Waals surface area contributed by atoms with Crippen LogP contribution in [-0.2, 0) is 11.2 Å². The second-order valence-electron chi connectivity index (χ2n) is 9.34. The molecule has 1 unspecified atom stereocenters. The number of anilines is 1. The predicted octanol–water partition coefficient (Wildman–Crippen LogP) is 2.17. The maximum atomic E-state index is 12.6. The zero-order chi connectivity index (χ0) is 26.5. The number of nitrogens with one attached hydrogen (secondary N) is 1. The SMILES string of the molecule is CC(C)C1NC(=S)N(c2ccc(OC(=O)N3CCN(CCCc4ccc(C(=O)O)cn4)CC3)cn2)C1=O. The summed E-state index contributed by atoms with van der Waals surface area (Å²) in [7, 11) is 0. The highest BCUT2D eigenvalue weighted by atomic mass is 32.1. The number of carboxylic acids is 1. The maximum absolute atomic E-state index is 12.6. The summed E-state index contributed by atoms with van der Waals surface area (Å²) in [5.74, 6) is -0.367. The molecule has 4 heterocycles. The van der Waals surface area contributed by atoms with Crippen molar-refractivity contribution < 1.29 is 24.2 Å². The fourth-order valence-corrected chi connectivity index (χ4v) is 4.54. The van der Waals surface area contributed by atoms with Gasteiger partial charge in [-0.15, -0.1) is 0 Å². The Balaban J connectivity index is 1.20. The van der Waals surface area contributed by atoms with Crippen molar-refractivity contribution in [2.45, 2.75) is 32.7 Å². The summed E-state index contributed by atoms with van der Waals surface area (Å²) in [4.78, 5) is 50.0. The molecule has 0 aromatic carbocycles. The molecule has 2 aliphatic rings. The van der Waals surface area contributed by atoms with Gasteiger partial charge in [0, 0.05) is 38.1 Å². The van der Waals surface area contributed by atoms with E-state index in [-0.39, 0.29) is 23.4 Å². The van der Waals surface area contributed by atoms with E-state index in [0.29, 0.717) is 29.8 Å². The number of hydrogen-bond acceptors (Lipinski definition) is 8. The molecule has 2 aliphatic heterocycles. The van der Waals surface area contributed by atoms with Crippen LogP contribution >= 0.6 is 12.2 Å². The van der Waals surface area contributed by atoms with Gasteiger partial charge in [0.25, 0.3) is 5.91 Å². The summed E-state index contributed by atoms with van der Waals surface area (Å²) in [5, 5.41) is 12.3. The Labute approximate surface area is 220 Å². The zero-order valence-electron chi connectivity index (χ0n) is 20.8. The molecular formula is C25H30N6O5S. The number of piperazine rings is 1. The first-order valence-electron chi connectivity index (χ1n) is 12.2. The van der Waals surface area contributed by atoms with Gasteiger partial charge in [-0.05, 0) is 61.8 Å². The van der Waals surface area contributed by atoms with Crippen molar-refractivity contribution in [3.05, 3.63) is 47.9 Å². The van der Waals surface area contributed by atoms with Crippen LogP contribution in [0, 0.1) is 5.92 Å². The van der Waals surface area contributed by atoms with Crippen LogP contribution < -0.4 is 15.0 Å². The Morgan fingerprint density at radius 3 is 2.46 bits per heavy atom. The highest BCUT2D eigenvalue weighted by Crippen LogP contribution is 2.23. The minimum Gasteiger partial charge on any atom is -0.478 e. The van der Waals surface area contributed by atoms with Gasteiger partial charge in [-0.2, -0.15) is 0 Å². The standard InChI is InChI=1S/C25H30N6O5S/c1-16(2)21-22(32)31(24(37)28-21)20-8-7-19(15-27-20)36-25(35)30-12-10-29(11-13-30)9-3-4-18-6-5-17(14-26-18)23(33)34/h5-8,14-16,21H,3-4,9-13H2,1-2H3,(H,28,37)(H,33,34). The molecule has 12 heteroatoms. The number of thiocarbonyl (C=S) groups is 1. The number of pyridine rings is 2. The van der Waals surface area contributed by atoms with E-state index in [0.717, 1.165) is 38.2 Å². The maximum Gasteiger partial charge on any atom is 0.415 e. The average molecular weight is 527 g/mol. The van der Waals surface area contributed by atoms with Crippen molar-refractivity contribution in [2.75, 3.05) is 37.6 Å². The number of hydrogen-bond donors (Lipinski definition) is 2. The summed E-state index contributed by atoms with van der Waals surface area (Å²) in [6, 6.07) is 6.14. The first-order chi connectivity index (χ1) is 17.7. The van der Waals surface area contributed by atoms with Crippen molar-refractivity contribution in [3.63, 3.8) is 0 Å². The van der Waals surface area contributed by atoms with Crippen LogP contribution in [0.5, 0.6) is 5.75 Å². The molecule has 0 radical (unpaired) electrons. The summed E-state index contributed by atoms with van der Waals surface area (Å²) >= 11 is 5.29. The molecular weight excluding hydrogens is 496 g/mol. The van der Waals surface area contributed by atoms with E-state index in [2.05, 4.69) is 20.2 Å². The van der Waals surface area contributed by atoms with Gasteiger partial charge in [0.05, 0.1) is 11.8 Å². The molecule has 2 fully saturated rings. The van der Waals surface area contributed by atoms with Crippen molar-refractivity contribution in [3.8, 4) is 5.75 Å². The zero-order valence-corrected chi connectivity index (χ0v) is 21.6. The lowest BCUT2D eigenvalue weighted by Crippen LogP contribution is -2.49. The lowest BCUT2D eigenvalue weighted by molar-refractivity contribution is -0.119. The molecule has 2 aromatic rings. The van der Waals surface area contributed by atoms with E-state index in [4.69, 9.17) is 22.1 Å². The van der Waals surface area contributed by atoms with Crippen LogP contribution in [0.3, 0.4) is 0 Å². The highest BCUT2D eigenvalue weighted by molar-refractivity contribution is 7.80. The summed E-state index contributed by atoms with van der Waals surface area (Å²) in [6.45, 7) is 7.31. The van der Waals surface area contributed by atoms with Gasteiger partial charge in [0.15, 0.2) is 10.9 Å². The quantitative estimate of drug-likeness (QED) is 0.494. The Morgan fingerprint density at radius 1 is 1.14 bits per heavy atom. The second-order valence-corrected chi connectivity index (χ2v) is 9.73. The number of aromatic nitrogens is 2. The van der Waals surface area contributed by atoms with E-state index < -0.39 is 12.1 Å². The predicted molar refractivity (Wildman–Crippen MR) is 140 cm³/mol. The Bertz CT molecular complexity index is 1150. The van der Waals surface area contributed by atoms with Crippen LogP contribution in [0.2, 0.25) is 0 Å². The number of aromatic carboxylic acids is 1. The first-order valence-corrected chi connectivity index (χ1v) is 12.6. The Kier molecular flexibility index (Phi) is 8.29. The lowest BCUT2D eigenvalue weighted by Gasteiger charge is -2.34. The topological polar surface area (TPSA) is 128 Å². The van der Waals surface area contributed by atoms with Gasteiger partial charge >= 0.3 is 12.1 Å². The molecule has 4 rings (SSSR count). The molecule has 196 valence electrons. The highest BCUT2D eigenvalue weighted by Gasteiger charge is 2.38. The number of amides is 2. The van der Waals surface area contributed by atoms with Crippen LogP contribution in [0.15, 0.2) is 36.7 Å². The van der Waals surface area contributed by atoms with Crippen molar-refractivity contribution in [2.24, 2.45) is 5.92 Å². The normalized spacial score (nSPS) is 18.3. The third-order valence-corrected chi connectivity index (χ3v) is 6.70. The van der Waals surface area contributed by atoms with Crippen molar-refractivity contribution >= 4 is 41.1 Å². The molecule has 2 N–H and O–H groups in total. The van der Waals surface area contributed by atoms with E-state index in [1.54, 1.807) is 29.2 Å². The molecule has 0 spiro atoms. The molecule has 0 saturated carbocycles. The van der Waals surface area contributed by atoms with Gasteiger partial charge in [-0.25, -0.2) is 19.5 Å². The average Bonchev–Trinajstić information content (AvgIpc) is 3.19. The van der Waals surface area contributed by atoms with Crippen LogP contribution in [-0.4, -0.2) is 86.7 Å². The van der Waals surface area contributed by atoms with E-state index in [1.807, 2.05) is 13.8 Å². The molecule has 11 nitrogen and oxygen atoms in total. The number of carbonyl (C=O) groups excluding carboxylic acids is 2. The van der Waals surface area contributed by atoms with Crippen LogP contribution in [0.1, 0.15) is 36.3 Å². The van der Waals surface area contributed by atoms with Crippen molar-refractivity contribution in [1.29, 1.82) is 0 Å². The lowest BCUT2D eigenvalue weighted by atomic mass is 10.1. The number of nitrogens with zero attached hydrogens (tertiary/aromatic N) is 5. The monoisotopic (exact) mass is 526 g/mol. The second kappa shape index (κ2) is 11.6. The first kappa shape index (κ1) is 26.4. The van der Waals surface area contributed by atoms with E-state index in [9.17, 15) is 14.4 Å². The smallest absolute Gasteiger partial charge is 0.415 e. The molecule has 0 aliphatic carbocycles. The third kappa shape index (κ3) is 6.38. The largest absolute Gasteiger partial charge is 0.478 e. The molecule has 1 atom stereocenters. The molecule has 2 aromatic heterocycles. The summed E-state index contributed by atoms with van der Waals surface area (Å²) in [6.07, 6.45) is 4.00. The number of rotatable bonds is 8. The van der Waals surface area contributed by atoms with Crippen LogP contribution in [0.4, 0.5) is 10.6 Å². The molecule has 2 saturated heterocycles. The Hall–Kier alpha value is -3.64. The van der Waals surface area contributed by atoms with Gasteiger partial charge in [0.2, 0.25) is 0 Å². The Morgan fingerprint density at radius 2 is 1.89 bits per heavy atom. The molecule has 2 amide bonds.